The lowest BCUT2D eigenvalue weighted by molar-refractivity contribution is 0.580. The minimum atomic E-state index is -0.587. The Hall–Kier alpha value is -1.25. The van der Waals surface area contributed by atoms with Crippen LogP contribution in [0.5, 0.6) is 0 Å². The third kappa shape index (κ3) is 1.61. The van der Waals surface area contributed by atoms with Crippen LogP contribution in [0.4, 0.5) is 8.78 Å². The van der Waals surface area contributed by atoms with Crippen LogP contribution >= 0.6 is 0 Å². The summed E-state index contributed by atoms with van der Waals surface area (Å²) in [6.45, 7) is 0. The standard InChI is InChI=1S/C8H7F2N/c1-11-5-6-7(9)3-2-4-8(6)10/h2-5H,1H3. The number of aliphatic imine (C=N–C) groups is 1. The first-order valence-electron chi connectivity index (χ1n) is 3.12. The van der Waals surface area contributed by atoms with E-state index in [1.54, 1.807) is 0 Å². The molecule has 0 radical (unpaired) electrons. The third-order valence-electron chi connectivity index (χ3n) is 1.26. The van der Waals surface area contributed by atoms with Crippen molar-refractivity contribution in [2.45, 2.75) is 0 Å². The molecule has 0 amide bonds. The number of nitrogens with zero attached hydrogens (tertiary/aromatic N) is 1. The van der Waals surface area contributed by atoms with Gasteiger partial charge in [0, 0.05) is 13.3 Å². The fraction of sp³-hybridized carbons (Fsp3) is 0.125. The summed E-state index contributed by atoms with van der Waals surface area (Å²) in [6, 6.07) is 3.71. The maximum atomic E-state index is 12.7. The van der Waals surface area contributed by atoms with E-state index >= 15 is 0 Å². The normalized spacial score (nSPS) is 10.8. The first-order chi connectivity index (χ1) is 5.25. The van der Waals surface area contributed by atoms with Crippen molar-refractivity contribution in [2.24, 2.45) is 4.99 Å². The Bertz CT molecular complexity index is 261. The summed E-state index contributed by atoms with van der Waals surface area (Å²) in [5.74, 6) is -1.17. The van der Waals surface area contributed by atoms with Crippen LogP contribution in [0.15, 0.2) is 23.2 Å². The first kappa shape index (κ1) is 7.85. The van der Waals surface area contributed by atoms with E-state index in [2.05, 4.69) is 4.99 Å². The summed E-state index contributed by atoms with van der Waals surface area (Å²) < 4.78 is 25.4. The molecule has 0 fully saturated rings. The van der Waals surface area contributed by atoms with Gasteiger partial charge in [0.25, 0.3) is 0 Å². The number of halogens is 2. The third-order valence-corrected chi connectivity index (χ3v) is 1.26. The number of benzene rings is 1. The second-order valence-corrected chi connectivity index (χ2v) is 2.02. The molecule has 0 atom stereocenters. The highest BCUT2D eigenvalue weighted by Gasteiger charge is 2.03. The second kappa shape index (κ2) is 3.23. The van der Waals surface area contributed by atoms with Crippen LogP contribution in [-0.4, -0.2) is 13.3 Å². The van der Waals surface area contributed by atoms with Gasteiger partial charge in [-0.1, -0.05) is 6.07 Å². The van der Waals surface area contributed by atoms with Crippen LogP contribution in [0.25, 0.3) is 0 Å². The summed E-state index contributed by atoms with van der Waals surface area (Å²) in [7, 11) is 1.46. The molecular formula is C8H7F2N. The molecule has 0 N–H and O–H groups in total. The van der Waals surface area contributed by atoms with E-state index in [9.17, 15) is 8.78 Å². The highest BCUT2D eigenvalue weighted by atomic mass is 19.1. The fourth-order valence-corrected chi connectivity index (χ4v) is 0.763. The van der Waals surface area contributed by atoms with Crippen molar-refractivity contribution in [1.29, 1.82) is 0 Å². The lowest BCUT2D eigenvalue weighted by Crippen LogP contribution is -1.92. The van der Waals surface area contributed by atoms with E-state index < -0.39 is 11.6 Å². The molecule has 0 aromatic heterocycles. The summed E-state index contributed by atoms with van der Waals surface area (Å²) in [5.41, 5.74) is -0.0880. The molecule has 3 heteroatoms. The molecule has 0 bridgehead atoms. The van der Waals surface area contributed by atoms with Crippen molar-refractivity contribution in [3.63, 3.8) is 0 Å². The topological polar surface area (TPSA) is 12.4 Å². The van der Waals surface area contributed by atoms with E-state index in [-0.39, 0.29) is 5.56 Å². The van der Waals surface area contributed by atoms with Gasteiger partial charge in [-0.15, -0.1) is 0 Å². The maximum Gasteiger partial charge on any atom is 0.134 e. The van der Waals surface area contributed by atoms with Crippen molar-refractivity contribution in [1.82, 2.24) is 0 Å². The van der Waals surface area contributed by atoms with Gasteiger partial charge in [-0.3, -0.25) is 4.99 Å². The van der Waals surface area contributed by atoms with Gasteiger partial charge >= 0.3 is 0 Å². The molecule has 0 aliphatic carbocycles. The quantitative estimate of drug-likeness (QED) is 0.550. The average Bonchev–Trinajstić information content (AvgIpc) is 1.97. The average molecular weight is 155 g/mol. The Balaban J connectivity index is 3.20. The van der Waals surface area contributed by atoms with Crippen molar-refractivity contribution in [3.8, 4) is 0 Å². The lowest BCUT2D eigenvalue weighted by atomic mass is 10.2. The van der Waals surface area contributed by atoms with Crippen molar-refractivity contribution < 1.29 is 8.78 Å². The molecule has 0 saturated carbocycles. The largest absolute Gasteiger partial charge is 0.296 e. The van der Waals surface area contributed by atoms with E-state index in [0.29, 0.717) is 0 Å². The Morgan fingerprint density at radius 3 is 2.27 bits per heavy atom. The van der Waals surface area contributed by atoms with Crippen LogP contribution < -0.4 is 0 Å². The molecule has 0 aliphatic heterocycles. The zero-order chi connectivity index (χ0) is 8.27. The molecule has 1 aromatic rings. The van der Waals surface area contributed by atoms with Crippen LogP contribution in [0.1, 0.15) is 5.56 Å². The molecule has 0 unspecified atom stereocenters. The van der Waals surface area contributed by atoms with E-state index in [4.69, 9.17) is 0 Å². The summed E-state index contributed by atoms with van der Waals surface area (Å²) in [6.07, 6.45) is 1.16. The number of hydrogen-bond donors (Lipinski definition) is 0. The fourth-order valence-electron chi connectivity index (χ4n) is 0.763. The Morgan fingerprint density at radius 2 is 1.82 bits per heavy atom. The molecule has 0 saturated heterocycles. The van der Waals surface area contributed by atoms with Gasteiger partial charge in [0.2, 0.25) is 0 Å². The van der Waals surface area contributed by atoms with Gasteiger partial charge in [-0.2, -0.15) is 0 Å². The summed E-state index contributed by atoms with van der Waals surface area (Å²) in [4.78, 5) is 3.52. The molecule has 11 heavy (non-hydrogen) atoms. The SMILES string of the molecule is CN=Cc1c(F)cccc1F. The highest BCUT2D eigenvalue weighted by Crippen LogP contribution is 2.08. The molecule has 58 valence electrons. The van der Waals surface area contributed by atoms with Crippen LogP contribution in [0.3, 0.4) is 0 Å². The van der Waals surface area contributed by atoms with Gasteiger partial charge in [0.15, 0.2) is 0 Å². The molecule has 0 spiro atoms. The van der Waals surface area contributed by atoms with Gasteiger partial charge < -0.3 is 0 Å². The Kier molecular flexibility index (Phi) is 2.31. The number of rotatable bonds is 1. The number of hydrogen-bond acceptors (Lipinski definition) is 1. The molecule has 1 aromatic carbocycles. The van der Waals surface area contributed by atoms with Gasteiger partial charge in [0.05, 0.1) is 5.56 Å². The zero-order valence-electron chi connectivity index (χ0n) is 6.01. The van der Waals surface area contributed by atoms with Crippen LogP contribution in [0.2, 0.25) is 0 Å². The Labute approximate surface area is 63.4 Å². The Morgan fingerprint density at radius 1 is 1.27 bits per heavy atom. The van der Waals surface area contributed by atoms with Crippen LogP contribution in [-0.2, 0) is 0 Å². The maximum absolute atomic E-state index is 12.7. The van der Waals surface area contributed by atoms with Crippen molar-refractivity contribution in [3.05, 3.63) is 35.4 Å². The molecular weight excluding hydrogens is 148 g/mol. The van der Waals surface area contributed by atoms with Crippen molar-refractivity contribution >= 4 is 6.21 Å². The summed E-state index contributed by atoms with van der Waals surface area (Å²) in [5, 5.41) is 0. The molecule has 1 rings (SSSR count). The van der Waals surface area contributed by atoms with E-state index in [1.165, 1.54) is 25.2 Å². The minimum absolute atomic E-state index is 0.0880. The molecule has 0 aliphatic rings. The minimum Gasteiger partial charge on any atom is -0.296 e. The first-order valence-corrected chi connectivity index (χ1v) is 3.12. The highest BCUT2D eigenvalue weighted by molar-refractivity contribution is 5.80. The van der Waals surface area contributed by atoms with Gasteiger partial charge in [-0.25, -0.2) is 8.78 Å². The van der Waals surface area contributed by atoms with E-state index in [0.717, 1.165) is 6.21 Å². The lowest BCUT2D eigenvalue weighted by Gasteiger charge is -1.95. The summed E-state index contributed by atoms with van der Waals surface area (Å²) >= 11 is 0. The zero-order valence-corrected chi connectivity index (χ0v) is 6.01. The smallest absolute Gasteiger partial charge is 0.134 e. The van der Waals surface area contributed by atoms with Crippen molar-refractivity contribution in [2.75, 3.05) is 7.05 Å². The van der Waals surface area contributed by atoms with Gasteiger partial charge in [-0.05, 0) is 12.1 Å². The predicted molar refractivity (Wildman–Crippen MR) is 39.9 cm³/mol. The van der Waals surface area contributed by atoms with Crippen LogP contribution in [0, 0.1) is 11.6 Å². The molecule has 1 nitrogen and oxygen atoms in total. The van der Waals surface area contributed by atoms with E-state index in [1.807, 2.05) is 0 Å². The molecule has 0 heterocycles. The van der Waals surface area contributed by atoms with Gasteiger partial charge in [0.1, 0.15) is 11.6 Å². The second-order valence-electron chi connectivity index (χ2n) is 2.02. The predicted octanol–water partition coefficient (Wildman–Crippen LogP) is 2.01. The monoisotopic (exact) mass is 155 g/mol.